The van der Waals surface area contributed by atoms with Crippen molar-refractivity contribution in [3.63, 3.8) is 0 Å². The predicted molar refractivity (Wildman–Crippen MR) is 25.4 cm³/mol. The van der Waals surface area contributed by atoms with Crippen LogP contribution in [0.3, 0.4) is 0 Å². The summed E-state index contributed by atoms with van der Waals surface area (Å²) in [5.41, 5.74) is 0. The van der Waals surface area contributed by atoms with E-state index in [0.29, 0.717) is 0 Å². The van der Waals surface area contributed by atoms with Crippen LogP contribution in [0.4, 0.5) is 0 Å². The summed E-state index contributed by atoms with van der Waals surface area (Å²) in [6, 6.07) is 0. The van der Waals surface area contributed by atoms with Gasteiger partial charge in [-0.1, -0.05) is 0 Å². The van der Waals surface area contributed by atoms with Crippen LogP contribution in [-0.2, 0) is 38.8 Å². The molecule has 0 atom stereocenters. The molecule has 0 aromatic heterocycles. The van der Waals surface area contributed by atoms with Crippen molar-refractivity contribution in [2.45, 2.75) is 0 Å². The van der Waals surface area contributed by atoms with Crippen LogP contribution in [0.15, 0.2) is 0 Å². The van der Waals surface area contributed by atoms with Gasteiger partial charge in [0.1, 0.15) is 0 Å². The van der Waals surface area contributed by atoms with E-state index in [1.807, 2.05) is 0 Å². The SMILES string of the molecule is O=S(=O)([O-])[O-].O=S([O-])[O-].OO.[Fe+3].[Na+]. The number of rotatable bonds is 0. The van der Waals surface area contributed by atoms with Gasteiger partial charge in [-0.3, -0.25) is 23.1 Å². The molecule has 77 valence electrons. The molecule has 0 bridgehead atoms. The Morgan fingerprint density at radius 1 is 1.08 bits per heavy atom. The molecule has 0 unspecified atom stereocenters. The molecule has 9 nitrogen and oxygen atoms in total. The van der Waals surface area contributed by atoms with Crippen LogP contribution < -0.4 is 29.6 Å². The number of hydrogen-bond donors (Lipinski definition) is 2. The van der Waals surface area contributed by atoms with E-state index in [1.165, 1.54) is 0 Å². The van der Waals surface area contributed by atoms with Crippen molar-refractivity contribution in [1.82, 2.24) is 0 Å². The van der Waals surface area contributed by atoms with Crippen LogP contribution in [0, 0.1) is 0 Å². The largest absolute Gasteiger partial charge is 3.00 e. The van der Waals surface area contributed by atoms with Crippen molar-refractivity contribution >= 4 is 21.8 Å². The van der Waals surface area contributed by atoms with Gasteiger partial charge in [0.25, 0.3) is 0 Å². The molecule has 0 rings (SSSR count). The first-order valence-corrected chi connectivity index (χ1v) is 3.70. The molecule has 0 aliphatic carbocycles. The van der Waals surface area contributed by atoms with Crippen molar-refractivity contribution in [3.05, 3.63) is 0 Å². The normalized spacial score (nSPS) is 7.62. The summed E-state index contributed by atoms with van der Waals surface area (Å²) >= 11 is -3.11. The Balaban J connectivity index is -0.0000000246. The van der Waals surface area contributed by atoms with Crippen molar-refractivity contribution in [2.24, 2.45) is 0 Å². The van der Waals surface area contributed by atoms with Crippen molar-refractivity contribution in [2.75, 3.05) is 0 Å². The summed E-state index contributed by atoms with van der Waals surface area (Å²) in [4.78, 5) is 0. The summed E-state index contributed by atoms with van der Waals surface area (Å²) in [7, 11) is -5.17. The van der Waals surface area contributed by atoms with Gasteiger partial charge in [0.2, 0.25) is 0 Å². The molecule has 0 heterocycles. The smallest absolute Gasteiger partial charge is 0.784 e. The van der Waals surface area contributed by atoms with Crippen LogP contribution >= 0.6 is 0 Å². The zero-order chi connectivity index (χ0) is 10.1. The Morgan fingerprint density at radius 3 is 1.08 bits per heavy atom. The van der Waals surface area contributed by atoms with Gasteiger partial charge >= 0.3 is 46.6 Å². The third kappa shape index (κ3) is 910. The first-order chi connectivity index (χ1) is 4.73. The van der Waals surface area contributed by atoms with E-state index in [2.05, 4.69) is 0 Å². The molecule has 13 heteroatoms. The van der Waals surface area contributed by atoms with Gasteiger partial charge in [0.15, 0.2) is 0 Å². The molecule has 0 spiro atoms. The molecule has 0 saturated heterocycles. The van der Waals surface area contributed by atoms with Crippen LogP contribution in [0.2, 0.25) is 0 Å². The van der Waals surface area contributed by atoms with Gasteiger partial charge in [0.05, 0.1) is 0 Å². The van der Waals surface area contributed by atoms with E-state index < -0.39 is 21.8 Å². The minimum absolute atomic E-state index is 0. The van der Waals surface area contributed by atoms with E-state index in [-0.39, 0.29) is 46.6 Å². The average molecular weight is 289 g/mol. The zero-order valence-electron chi connectivity index (χ0n) is 5.92. The Hall–Kier alpha value is 1.38. The standard InChI is InChI=1S/Fe.Na.H2O4S.H2O3S.H2O2/c;;1-5(2,3)4;1-4(2)3;1-2/h;;(H2,1,2,3,4);(H2,1,2,3);1-2H/q+3;+1;;;/p-4. The molecule has 0 aliphatic rings. The second-order valence-electron chi connectivity index (χ2n) is 0.612. The quantitative estimate of drug-likeness (QED) is 0.110. The molecule has 0 aromatic rings. The molecule has 1 radical (unpaired) electrons. The fraction of sp³-hybridized carbons (Fsp3) is 0. The molecule has 0 aromatic carbocycles. The maximum atomic E-state index is 8.52. The van der Waals surface area contributed by atoms with Crippen molar-refractivity contribution < 1.29 is 88.0 Å². The average Bonchev–Trinajstić information content (AvgIpc) is 1.63. The molecule has 0 fully saturated rings. The zero-order valence-corrected chi connectivity index (χ0v) is 10.7. The Bertz CT molecular complexity index is 160. The summed E-state index contributed by atoms with van der Waals surface area (Å²) in [6.07, 6.45) is 0. The third-order valence-corrected chi connectivity index (χ3v) is 0. The molecule has 0 amide bonds. The van der Waals surface area contributed by atoms with E-state index in [4.69, 9.17) is 41.4 Å². The van der Waals surface area contributed by atoms with E-state index in [0.717, 1.165) is 0 Å². The van der Waals surface area contributed by atoms with Gasteiger partial charge in [-0.05, 0) is 0 Å². The van der Waals surface area contributed by atoms with E-state index >= 15 is 0 Å². The Labute approximate surface area is 109 Å². The van der Waals surface area contributed by atoms with Gasteiger partial charge in [-0.25, -0.2) is 0 Å². The monoisotopic (exact) mass is 289 g/mol. The maximum Gasteiger partial charge on any atom is 3.00 e. The van der Waals surface area contributed by atoms with Crippen LogP contribution in [0.25, 0.3) is 0 Å². The van der Waals surface area contributed by atoms with Crippen molar-refractivity contribution in [3.8, 4) is 0 Å². The Morgan fingerprint density at radius 2 is 1.08 bits per heavy atom. The minimum atomic E-state index is -5.17. The predicted octanol–water partition coefficient (Wildman–Crippen LogP) is -5.32. The molecule has 0 aliphatic heterocycles. The first-order valence-electron chi connectivity index (χ1n) is 1.37. The second kappa shape index (κ2) is 19.0. The van der Waals surface area contributed by atoms with Gasteiger partial charge in [-0.15, -0.1) is 11.4 Å². The molecule has 2 N–H and O–H groups in total. The molecule has 0 saturated carbocycles. The van der Waals surface area contributed by atoms with Crippen LogP contribution in [0.1, 0.15) is 0 Å². The van der Waals surface area contributed by atoms with Gasteiger partial charge < -0.3 is 18.2 Å². The first kappa shape index (κ1) is 29.3. The molecular weight excluding hydrogens is 287 g/mol. The second-order valence-corrected chi connectivity index (χ2v) is 1.84. The van der Waals surface area contributed by atoms with Gasteiger partial charge in [0, 0.05) is 10.4 Å². The summed E-state index contributed by atoms with van der Waals surface area (Å²) in [5.74, 6) is 0. The summed E-state index contributed by atoms with van der Waals surface area (Å²) in [5, 5.41) is 12.0. The maximum absolute atomic E-state index is 8.52. The Kier molecular flexibility index (Phi) is 42.8. The minimum Gasteiger partial charge on any atom is -0.784 e. The topological polar surface area (TPSA) is 184 Å². The van der Waals surface area contributed by atoms with E-state index in [9.17, 15) is 0 Å². The fourth-order valence-corrected chi connectivity index (χ4v) is 0. The van der Waals surface area contributed by atoms with E-state index in [1.54, 1.807) is 0 Å². The van der Waals surface area contributed by atoms with Crippen LogP contribution in [-0.4, -0.2) is 41.4 Å². The molecule has 13 heavy (non-hydrogen) atoms. The number of hydrogen-bond acceptors (Lipinski definition) is 9. The van der Waals surface area contributed by atoms with Crippen LogP contribution in [0.5, 0.6) is 0 Å². The summed E-state index contributed by atoms with van der Waals surface area (Å²) in [6.45, 7) is 0. The molecular formula is H2FeNaO9S2. The van der Waals surface area contributed by atoms with Crippen molar-refractivity contribution in [1.29, 1.82) is 0 Å². The summed E-state index contributed by atoms with van der Waals surface area (Å²) < 4.78 is 59.4. The third-order valence-electron chi connectivity index (χ3n) is 0. The van der Waals surface area contributed by atoms with Gasteiger partial charge in [-0.2, -0.15) is 0 Å². The fourth-order valence-electron chi connectivity index (χ4n) is 0.